The Labute approximate surface area is 156 Å². The Hall–Kier alpha value is -2.66. The van der Waals surface area contributed by atoms with Gasteiger partial charge in [0, 0.05) is 35.2 Å². The van der Waals surface area contributed by atoms with Crippen LogP contribution in [0.15, 0.2) is 47.0 Å². The zero-order valence-corrected chi connectivity index (χ0v) is 15.3. The smallest absolute Gasteiger partial charge is 0.257 e. The number of aromatic nitrogens is 2. The van der Waals surface area contributed by atoms with Crippen LogP contribution in [-0.4, -0.2) is 22.6 Å². The molecule has 4 rings (SSSR count). The number of amides is 1. The van der Waals surface area contributed by atoms with Crippen LogP contribution in [0.1, 0.15) is 29.3 Å². The van der Waals surface area contributed by atoms with Gasteiger partial charge >= 0.3 is 0 Å². The lowest BCUT2D eigenvalue weighted by atomic mass is 10.1. The van der Waals surface area contributed by atoms with Gasteiger partial charge in [0.2, 0.25) is 5.91 Å². The van der Waals surface area contributed by atoms with E-state index in [0.717, 1.165) is 11.3 Å². The van der Waals surface area contributed by atoms with Gasteiger partial charge in [-0.3, -0.25) is 4.79 Å². The maximum absolute atomic E-state index is 12.4. The van der Waals surface area contributed by atoms with Crippen LogP contribution in [-0.2, 0) is 4.79 Å². The quantitative estimate of drug-likeness (QED) is 0.682. The second-order valence-corrected chi connectivity index (χ2v) is 7.08. The lowest BCUT2D eigenvalue weighted by Gasteiger charge is -2.16. The summed E-state index contributed by atoms with van der Waals surface area (Å²) in [5.41, 5.74) is 4.12. The maximum Gasteiger partial charge on any atom is 0.257 e. The molecule has 0 saturated carbocycles. The third-order valence-electron chi connectivity index (χ3n) is 4.82. The van der Waals surface area contributed by atoms with Crippen molar-refractivity contribution >= 4 is 23.2 Å². The SMILES string of the molecule is Cc1ccc(-c2nc(C3CC(=O)N(c4ccc(Cl)cc4)C3)no2)cc1C. The molecule has 6 heteroatoms. The number of nitrogens with zero attached hydrogens (tertiary/aromatic N) is 3. The van der Waals surface area contributed by atoms with Gasteiger partial charge in [0.1, 0.15) is 0 Å². The average molecular weight is 368 g/mol. The van der Waals surface area contributed by atoms with E-state index in [9.17, 15) is 4.79 Å². The van der Waals surface area contributed by atoms with Crippen molar-refractivity contribution in [2.24, 2.45) is 0 Å². The van der Waals surface area contributed by atoms with Gasteiger partial charge in [-0.05, 0) is 61.4 Å². The van der Waals surface area contributed by atoms with Crippen molar-refractivity contribution in [3.8, 4) is 11.5 Å². The number of hydrogen-bond donors (Lipinski definition) is 0. The summed E-state index contributed by atoms with van der Waals surface area (Å²) in [6.45, 7) is 4.65. The Morgan fingerprint density at radius 1 is 1.12 bits per heavy atom. The second kappa shape index (κ2) is 6.57. The Morgan fingerprint density at radius 2 is 1.88 bits per heavy atom. The topological polar surface area (TPSA) is 59.2 Å². The highest BCUT2D eigenvalue weighted by Gasteiger charge is 2.34. The van der Waals surface area contributed by atoms with Crippen molar-refractivity contribution in [3.05, 3.63) is 64.4 Å². The van der Waals surface area contributed by atoms with Gasteiger partial charge in [-0.1, -0.05) is 22.8 Å². The molecule has 2 heterocycles. The summed E-state index contributed by atoms with van der Waals surface area (Å²) in [5, 5.41) is 4.76. The molecule has 1 aliphatic heterocycles. The Morgan fingerprint density at radius 3 is 2.62 bits per heavy atom. The zero-order valence-electron chi connectivity index (χ0n) is 14.6. The highest BCUT2D eigenvalue weighted by molar-refractivity contribution is 6.30. The fraction of sp³-hybridized carbons (Fsp3) is 0.250. The summed E-state index contributed by atoms with van der Waals surface area (Å²) in [4.78, 5) is 18.7. The summed E-state index contributed by atoms with van der Waals surface area (Å²) in [6, 6.07) is 13.3. The monoisotopic (exact) mass is 367 g/mol. The van der Waals surface area contributed by atoms with Gasteiger partial charge in [0.15, 0.2) is 5.82 Å². The molecule has 0 radical (unpaired) electrons. The molecule has 1 unspecified atom stereocenters. The molecule has 0 bridgehead atoms. The van der Waals surface area contributed by atoms with Gasteiger partial charge in [0.25, 0.3) is 5.89 Å². The number of benzene rings is 2. The van der Waals surface area contributed by atoms with Crippen molar-refractivity contribution in [1.82, 2.24) is 10.1 Å². The van der Waals surface area contributed by atoms with E-state index in [-0.39, 0.29) is 11.8 Å². The predicted octanol–water partition coefficient (Wildman–Crippen LogP) is 4.53. The van der Waals surface area contributed by atoms with Gasteiger partial charge in [-0.2, -0.15) is 4.98 Å². The van der Waals surface area contributed by atoms with Crippen molar-refractivity contribution < 1.29 is 9.32 Å². The van der Waals surface area contributed by atoms with Crippen LogP contribution >= 0.6 is 11.6 Å². The molecule has 1 fully saturated rings. The minimum absolute atomic E-state index is 0.0508. The summed E-state index contributed by atoms with van der Waals surface area (Å²) in [5.74, 6) is 1.03. The molecular weight excluding hydrogens is 350 g/mol. The van der Waals surface area contributed by atoms with E-state index < -0.39 is 0 Å². The molecule has 5 nitrogen and oxygen atoms in total. The summed E-state index contributed by atoms with van der Waals surface area (Å²) in [7, 11) is 0. The number of hydrogen-bond acceptors (Lipinski definition) is 4. The van der Waals surface area contributed by atoms with E-state index in [1.807, 2.05) is 30.3 Å². The predicted molar refractivity (Wildman–Crippen MR) is 100 cm³/mol. The van der Waals surface area contributed by atoms with Gasteiger partial charge in [-0.25, -0.2) is 0 Å². The fourth-order valence-electron chi connectivity index (χ4n) is 3.14. The van der Waals surface area contributed by atoms with Crippen molar-refractivity contribution in [1.29, 1.82) is 0 Å². The largest absolute Gasteiger partial charge is 0.334 e. The van der Waals surface area contributed by atoms with Crippen LogP contribution in [0.5, 0.6) is 0 Å². The minimum Gasteiger partial charge on any atom is -0.334 e. The molecule has 132 valence electrons. The zero-order chi connectivity index (χ0) is 18.3. The first-order chi connectivity index (χ1) is 12.5. The first kappa shape index (κ1) is 16.8. The van der Waals surface area contributed by atoms with Crippen LogP contribution in [0.25, 0.3) is 11.5 Å². The van der Waals surface area contributed by atoms with E-state index in [4.69, 9.17) is 16.1 Å². The fourth-order valence-corrected chi connectivity index (χ4v) is 3.27. The van der Waals surface area contributed by atoms with Gasteiger partial charge < -0.3 is 9.42 Å². The number of anilines is 1. The lowest BCUT2D eigenvalue weighted by Crippen LogP contribution is -2.24. The summed E-state index contributed by atoms with van der Waals surface area (Å²) in [6.07, 6.45) is 0.370. The highest BCUT2D eigenvalue weighted by Crippen LogP contribution is 2.32. The molecule has 1 aliphatic rings. The molecular formula is C20H18ClN3O2. The lowest BCUT2D eigenvalue weighted by molar-refractivity contribution is -0.117. The highest BCUT2D eigenvalue weighted by atomic mass is 35.5. The van der Waals surface area contributed by atoms with Gasteiger partial charge in [0.05, 0.1) is 0 Å². The molecule has 3 aromatic rings. The Kier molecular flexibility index (Phi) is 4.24. The third kappa shape index (κ3) is 3.10. The molecule has 0 aliphatic carbocycles. The molecule has 1 atom stereocenters. The Balaban J connectivity index is 1.55. The first-order valence-electron chi connectivity index (χ1n) is 8.48. The normalized spacial score (nSPS) is 17.1. The molecule has 1 aromatic heterocycles. The number of aryl methyl sites for hydroxylation is 2. The summed E-state index contributed by atoms with van der Waals surface area (Å²) < 4.78 is 5.44. The van der Waals surface area contributed by atoms with Crippen molar-refractivity contribution in [2.45, 2.75) is 26.2 Å². The molecule has 1 saturated heterocycles. The molecule has 0 N–H and O–H groups in total. The van der Waals surface area contributed by atoms with Gasteiger partial charge in [-0.15, -0.1) is 0 Å². The average Bonchev–Trinajstić information content (AvgIpc) is 3.25. The van der Waals surface area contributed by atoms with Crippen LogP contribution in [0.4, 0.5) is 5.69 Å². The number of carbonyl (C=O) groups is 1. The number of carbonyl (C=O) groups excluding carboxylic acids is 1. The van der Waals surface area contributed by atoms with E-state index in [1.165, 1.54) is 11.1 Å². The van der Waals surface area contributed by atoms with Crippen LogP contribution in [0.2, 0.25) is 5.02 Å². The Bertz CT molecular complexity index is 965. The van der Waals surface area contributed by atoms with E-state index in [0.29, 0.717) is 29.7 Å². The van der Waals surface area contributed by atoms with E-state index in [2.05, 4.69) is 24.0 Å². The van der Waals surface area contributed by atoms with Crippen LogP contribution in [0.3, 0.4) is 0 Å². The van der Waals surface area contributed by atoms with Crippen molar-refractivity contribution in [2.75, 3.05) is 11.4 Å². The molecule has 2 aromatic carbocycles. The molecule has 1 amide bonds. The third-order valence-corrected chi connectivity index (χ3v) is 5.08. The van der Waals surface area contributed by atoms with Crippen LogP contribution < -0.4 is 4.90 Å². The standard InChI is InChI=1S/C20H18ClN3O2/c1-12-3-4-14(9-13(12)2)20-22-19(23-26-20)15-10-18(25)24(11-15)17-7-5-16(21)6-8-17/h3-9,15H,10-11H2,1-2H3. The number of rotatable bonds is 3. The van der Waals surface area contributed by atoms with Crippen LogP contribution in [0, 0.1) is 13.8 Å². The summed E-state index contributed by atoms with van der Waals surface area (Å²) >= 11 is 5.93. The minimum atomic E-state index is -0.0813. The van der Waals surface area contributed by atoms with E-state index in [1.54, 1.807) is 17.0 Å². The first-order valence-corrected chi connectivity index (χ1v) is 8.86. The van der Waals surface area contributed by atoms with Crippen molar-refractivity contribution in [3.63, 3.8) is 0 Å². The second-order valence-electron chi connectivity index (χ2n) is 6.64. The number of halogens is 1. The molecule has 26 heavy (non-hydrogen) atoms. The molecule has 0 spiro atoms. The maximum atomic E-state index is 12.4. The van der Waals surface area contributed by atoms with E-state index >= 15 is 0 Å².